The third-order valence-electron chi connectivity index (χ3n) is 3.04. The Morgan fingerprint density at radius 3 is 2.40 bits per heavy atom. The number of carbonyl (C=O) groups excluding carboxylic acids is 1. The molecule has 0 aliphatic rings. The van der Waals surface area contributed by atoms with Crippen LogP contribution in [0.2, 0.25) is 0 Å². The molecule has 0 aliphatic carbocycles. The average Bonchev–Trinajstić information content (AvgIpc) is 2.48. The number of carbonyl (C=O) groups is 1. The summed E-state index contributed by atoms with van der Waals surface area (Å²) in [6.07, 6.45) is 0.189. The molecule has 0 aromatic heterocycles. The van der Waals surface area contributed by atoms with Crippen LogP contribution in [0.15, 0.2) is 54.6 Å². The molecule has 0 saturated heterocycles. The van der Waals surface area contributed by atoms with Crippen molar-refractivity contribution in [3.8, 4) is 11.1 Å². The van der Waals surface area contributed by atoms with Gasteiger partial charge in [0.2, 0.25) is 0 Å². The van der Waals surface area contributed by atoms with Crippen molar-refractivity contribution < 1.29 is 9.53 Å². The van der Waals surface area contributed by atoms with Crippen molar-refractivity contribution in [1.29, 1.82) is 0 Å². The summed E-state index contributed by atoms with van der Waals surface area (Å²) in [5.74, 6) is -0.294. The molecule has 2 aromatic carbocycles. The van der Waals surface area contributed by atoms with Crippen LogP contribution in [0.1, 0.15) is 18.0 Å². The van der Waals surface area contributed by atoms with Gasteiger partial charge >= 0.3 is 5.97 Å². The molecule has 106 valence electrons. The van der Waals surface area contributed by atoms with Gasteiger partial charge in [-0.3, -0.25) is 4.79 Å². The summed E-state index contributed by atoms with van der Waals surface area (Å²) >= 11 is 0. The van der Waals surface area contributed by atoms with Crippen LogP contribution in [0.25, 0.3) is 11.1 Å². The first-order valence-corrected chi connectivity index (χ1v) is 6.18. The van der Waals surface area contributed by atoms with E-state index in [1.54, 1.807) is 0 Å². The Kier molecular flexibility index (Phi) is 6.22. The van der Waals surface area contributed by atoms with Gasteiger partial charge in [-0.25, -0.2) is 0 Å². The number of halogens is 1. The Morgan fingerprint density at radius 1 is 1.10 bits per heavy atom. The zero-order valence-electron chi connectivity index (χ0n) is 11.3. The molecule has 4 heteroatoms. The van der Waals surface area contributed by atoms with Crippen molar-refractivity contribution in [3.63, 3.8) is 0 Å². The highest BCUT2D eigenvalue weighted by molar-refractivity contribution is 5.85. The highest BCUT2D eigenvalue weighted by Crippen LogP contribution is 2.23. The molecule has 0 bridgehead atoms. The maximum atomic E-state index is 11.2. The maximum Gasteiger partial charge on any atom is 0.307 e. The summed E-state index contributed by atoms with van der Waals surface area (Å²) in [5, 5.41) is 0. The van der Waals surface area contributed by atoms with Gasteiger partial charge in [-0.1, -0.05) is 48.5 Å². The van der Waals surface area contributed by atoms with Crippen molar-refractivity contribution in [1.82, 2.24) is 0 Å². The molecule has 0 unspecified atom stereocenters. The Hall–Kier alpha value is -1.84. The zero-order valence-corrected chi connectivity index (χ0v) is 12.1. The van der Waals surface area contributed by atoms with Crippen LogP contribution in [-0.2, 0) is 9.53 Å². The SMILES string of the molecule is COC(=O)C[C@H](N)c1cccc(-c2ccccc2)c1.Cl. The smallest absolute Gasteiger partial charge is 0.307 e. The van der Waals surface area contributed by atoms with Crippen molar-refractivity contribution >= 4 is 18.4 Å². The lowest BCUT2D eigenvalue weighted by molar-refractivity contribution is -0.141. The van der Waals surface area contributed by atoms with Crippen LogP contribution in [0.5, 0.6) is 0 Å². The second-order valence-corrected chi connectivity index (χ2v) is 4.38. The quantitative estimate of drug-likeness (QED) is 0.879. The van der Waals surface area contributed by atoms with Gasteiger partial charge < -0.3 is 10.5 Å². The second-order valence-electron chi connectivity index (χ2n) is 4.38. The average molecular weight is 292 g/mol. The van der Waals surface area contributed by atoms with Gasteiger partial charge in [0, 0.05) is 6.04 Å². The maximum absolute atomic E-state index is 11.2. The van der Waals surface area contributed by atoms with E-state index in [0.717, 1.165) is 16.7 Å². The summed E-state index contributed by atoms with van der Waals surface area (Å²) in [5.41, 5.74) is 9.18. The van der Waals surface area contributed by atoms with E-state index in [0.29, 0.717) is 0 Å². The number of hydrogen-bond acceptors (Lipinski definition) is 3. The van der Waals surface area contributed by atoms with Crippen LogP contribution < -0.4 is 5.73 Å². The fourth-order valence-corrected chi connectivity index (χ4v) is 1.96. The van der Waals surface area contributed by atoms with Gasteiger partial charge in [0.05, 0.1) is 13.5 Å². The minimum absolute atomic E-state index is 0. The molecule has 0 radical (unpaired) electrons. The lowest BCUT2D eigenvalue weighted by Crippen LogP contribution is -2.16. The van der Waals surface area contributed by atoms with Crippen LogP contribution in [-0.4, -0.2) is 13.1 Å². The first-order chi connectivity index (χ1) is 9.20. The molecule has 0 spiro atoms. The third kappa shape index (κ3) is 4.08. The summed E-state index contributed by atoms with van der Waals surface area (Å²) < 4.78 is 4.64. The summed E-state index contributed by atoms with van der Waals surface area (Å²) in [7, 11) is 1.37. The number of benzene rings is 2. The first kappa shape index (κ1) is 16.2. The predicted octanol–water partition coefficient (Wildman–Crippen LogP) is 3.34. The molecule has 1 atom stereocenters. The van der Waals surface area contributed by atoms with Gasteiger partial charge in [0.15, 0.2) is 0 Å². The molecular formula is C16H18ClNO2. The highest BCUT2D eigenvalue weighted by Gasteiger charge is 2.12. The molecule has 3 nitrogen and oxygen atoms in total. The van der Waals surface area contributed by atoms with Gasteiger partial charge in [-0.2, -0.15) is 0 Å². The lowest BCUT2D eigenvalue weighted by atomic mass is 9.98. The van der Waals surface area contributed by atoms with E-state index >= 15 is 0 Å². The highest BCUT2D eigenvalue weighted by atomic mass is 35.5. The van der Waals surface area contributed by atoms with E-state index in [1.807, 2.05) is 54.6 Å². The molecule has 2 N–H and O–H groups in total. The molecule has 0 amide bonds. The van der Waals surface area contributed by atoms with E-state index < -0.39 is 0 Å². The van der Waals surface area contributed by atoms with E-state index in [9.17, 15) is 4.79 Å². The van der Waals surface area contributed by atoms with Crippen molar-refractivity contribution in [2.75, 3.05) is 7.11 Å². The molecular weight excluding hydrogens is 274 g/mol. The number of hydrogen-bond donors (Lipinski definition) is 1. The Morgan fingerprint density at radius 2 is 1.75 bits per heavy atom. The minimum atomic E-state index is -0.337. The van der Waals surface area contributed by atoms with E-state index in [1.165, 1.54) is 7.11 Å². The third-order valence-corrected chi connectivity index (χ3v) is 3.04. The predicted molar refractivity (Wildman–Crippen MR) is 82.7 cm³/mol. The zero-order chi connectivity index (χ0) is 13.7. The van der Waals surface area contributed by atoms with Crippen LogP contribution in [0, 0.1) is 0 Å². The fourth-order valence-electron chi connectivity index (χ4n) is 1.96. The number of rotatable bonds is 4. The van der Waals surface area contributed by atoms with E-state index in [-0.39, 0.29) is 30.8 Å². The molecule has 2 aromatic rings. The molecule has 20 heavy (non-hydrogen) atoms. The summed E-state index contributed by atoms with van der Waals surface area (Å²) in [4.78, 5) is 11.2. The number of methoxy groups -OCH3 is 1. The molecule has 0 heterocycles. The first-order valence-electron chi connectivity index (χ1n) is 6.18. The monoisotopic (exact) mass is 291 g/mol. The van der Waals surface area contributed by atoms with Crippen LogP contribution in [0.3, 0.4) is 0 Å². The van der Waals surface area contributed by atoms with Crippen LogP contribution >= 0.6 is 12.4 Å². The fraction of sp³-hybridized carbons (Fsp3) is 0.188. The largest absolute Gasteiger partial charge is 0.469 e. The molecule has 2 rings (SSSR count). The molecule has 0 fully saturated rings. The van der Waals surface area contributed by atoms with Crippen molar-refractivity contribution in [2.24, 2.45) is 5.73 Å². The van der Waals surface area contributed by atoms with Crippen molar-refractivity contribution in [3.05, 3.63) is 60.2 Å². The summed E-state index contributed by atoms with van der Waals surface area (Å²) in [6, 6.07) is 17.7. The normalized spacial score (nSPS) is 11.3. The van der Waals surface area contributed by atoms with Crippen molar-refractivity contribution in [2.45, 2.75) is 12.5 Å². The number of nitrogens with two attached hydrogens (primary N) is 1. The van der Waals surface area contributed by atoms with E-state index in [4.69, 9.17) is 5.73 Å². The van der Waals surface area contributed by atoms with Crippen LogP contribution in [0.4, 0.5) is 0 Å². The van der Waals surface area contributed by atoms with Gasteiger partial charge in [0.25, 0.3) is 0 Å². The second kappa shape index (κ2) is 7.68. The van der Waals surface area contributed by atoms with Gasteiger partial charge in [-0.05, 0) is 22.8 Å². The lowest BCUT2D eigenvalue weighted by Gasteiger charge is -2.12. The van der Waals surface area contributed by atoms with Gasteiger partial charge in [0.1, 0.15) is 0 Å². The topological polar surface area (TPSA) is 52.3 Å². The number of ether oxygens (including phenoxy) is 1. The number of esters is 1. The Labute approximate surface area is 125 Å². The Bertz CT molecular complexity index is 557. The minimum Gasteiger partial charge on any atom is -0.469 e. The summed E-state index contributed by atoms with van der Waals surface area (Å²) in [6.45, 7) is 0. The van der Waals surface area contributed by atoms with E-state index in [2.05, 4.69) is 4.74 Å². The van der Waals surface area contributed by atoms with Gasteiger partial charge in [-0.15, -0.1) is 12.4 Å². The standard InChI is InChI=1S/C16H17NO2.ClH/c1-19-16(18)11-15(17)14-9-5-8-13(10-14)12-6-3-2-4-7-12;/h2-10,15H,11,17H2,1H3;1H/t15-;/m0./s1. The molecule has 0 saturated carbocycles. The molecule has 0 aliphatic heterocycles. The Balaban J connectivity index is 0.00000200.